The summed E-state index contributed by atoms with van der Waals surface area (Å²) < 4.78 is 26.9. The van der Waals surface area contributed by atoms with Gasteiger partial charge in [0.1, 0.15) is 25.9 Å². The number of phosphoric ester groups is 1. The first-order valence-electron chi connectivity index (χ1n) is 24.7. The molecule has 0 aromatic carbocycles. The Kier molecular flexibility index (Phi) is 42.4. The maximum atomic E-state index is 12.0. The fourth-order valence-corrected chi connectivity index (χ4v) is 7.75. The van der Waals surface area contributed by atoms with E-state index in [1.807, 2.05) is 21.1 Å². The van der Waals surface area contributed by atoms with Crippen LogP contribution < -0.4 is 4.89 Å². The Bertz CT molecular complexity index is 1040. The molecule has 0 aliphatic rings. The molecule has 0 fully saturated rings. The Labute approximate surface area is 365 Å². The van der Waals surface area contributed by atoms with E-state index in [4.69, 9.17) is 13.8 Å². The smallest absolute Gasteiger partial charge is 0.305 e. The molecule has 0 aliphatic carbocycles. The van der Waals surface area contributed by atoms with E-state index in [2.05, 4.69) is 43.4 Å². The number of aliphatic hydroxyl groups excluding tert-OH is 1. The van der Waals surface area contributed by atoms with Gasteiger partial charge in [-0.25, -0.2) is 0 Å². The van der Waals surface area contributed by atoms with Crippen LogP contribution in [0.25, 0.3) is 0 Å². The summed E-state index contributed by atoms with van der Waals surface area (Å²) >= 11 is 0. The summed E-state index contributed by atoms with van der Waals surface area (Å²) in [7, 11) is 1.26. The molecule has 59 heavy (non-hydrogen) atoms. The summed E-state index contributed by atoms with van der Waals surface area (Å²) in [6.45, 7) is 1.96. The van der Waals surface area contributed by atoms with Gasteiger partial charge in [0.2, 0.25) is 0 Å². The lowest BCUT2D eigenvalue weighted by Gasteiger charge is -2.27. The molecule has 0 bridgehead atoms. The number of quaternary nitrogens is 1. The first kappa shape index (κ1) is 57.7. The predicted octanol–water partition coefficient (Wildman–Crippen LogP) is 14.1. The van der Waals surface area contributed by atoms with Crippen molar-refractivity contribution in [1.29, 1.82) is 0 Å². The van der Waals surface area contributed by atoms with Gasteiger partial charge in [0.15, 0.2) is 0 Å². The van der Waals surface area contributed by atoms with E-state index in [1.54, 1.807) is 0 Å². The fourth-order valence-electron chi connectivity index (χ4n) is 7.01. The Morgan fingerprint density at radius 3 is 1.29 bits per heavy atom. The number of aliphatic hydroxyl groups is 1. The van der Waals surface area contributed by atoms with Crippen molar-refractivity contribution in [2.75, 3.05) is 47.5 Å². The molecule has 0 aliphatic heterocycles. The van der Waals surface area contributed by atoms with Crippen molar-refractivity contribution in [3.8, 4) is 0 Å². The van der Waals surface area contributed by atoms with Crippen LogP contribution in [0.5, 0.6) is 0 Å². The number of nitrogens with zero attached hydrogens (tertiary/aromatic N) is 1. The molecule has 0 spiro atoms. The molecule has 0 aromatic rings. The first-order chi connectivity index (χ1) is 28.6. The van der Waals surface area contributed by atoms with Crippen LogP contribution in [-0.2, 0) is 23.1 Å². The largest absolute Gasteiger partial charge is 0.756 e. The number of allylic oxidation sites excluding steroid dienone is 6. The summed E-state index contributed by atoms with van der Waals surface area (Å²) in [5, 5.41) is 9.90. The van der Waals surface area contributed by atoms with Gasteiger partial charge in [0.05, 0.1) is 27.7 Å². The molecule has 348 valence electrons. The molecule has 0 heterocycles. The molecule has 9 heteroatoms. The van der Waals surface area contributed by atoms with Gasteiger partial charge >= 0.3 is 5.97 Å². The minimum absolute atomic E-state index is 0.00675. The minimum atomic E-state index is -4.50. The zero-order valence-electron chi connectivity index (χ0n) is 39.2. The molecule has 1 N–H and O–H groups in total. The normalized spacial score (nSPS) is 13.9. The van der Waals surface area contributed by atoms with E-state index in [1.165, 1.54) is 180 Å². The summed E-state index contributed by atoms with van der Waals surface area (Å²) in [6.07, 6.45) is 56.4. The average molecular weight is 854 g/mol. The Hall–Kier alpha value is -1.28. The number of phosphoric acid groups is 1. The Morgan fingerprint density at radius 1 is 0.542 bits per heavy atom. The zero-order valence-corrected chi connectivity index (χ0v) is 40.1. The Morgan fingerprint density at radius 2 is 0.898 bits per heavy atom. The molecule has 2 atom stereocenters. The number of carbonyl (C=O) groups excluding carboxylic acids is 1. The highest BCUT2D eigenvalue weighted by molar-refractivity contribution is 7.45. The van der Waals surface area contributed by atoms with E-state index >= 15 is 0 Å². The van der Waals surface area contributed by atoms with Gasteiger partial charge in [-0.15, -0.1) is 0 Å². The van der Waals surface area contributed by atoms with Crippen molar-refractivity contribution in [2.24, 2.45) is 0 Å². The predicted molar refractivity (Wildman–Crippen MR) is 249 cm³/mol. The monoisotopic (exact) mass is 854 g/mol. The number of hydrogen-bond acceptors (Lipinski definition) is 7. The molecule has 2 unspecified atom stereocenters. The maximum Gasteiger partial charge on any atom is 0.305 e. The highest BCUT2D eigenvalue weighted by atomic mass is 31.2. The second kappa shape index (κ2) is 43.4. The van der Waals surface area contributed by atoms with Gasteiger partial charge < -0.3 is 28.3 Å². The number of esters is 1. The van der Waals surface area contributed by atoms with Gasteiger partial charge in [0, 0.05) is 6.42 Å². The highest BCUT2D eigenvalue weighted by Crippen LogP contribution is 2.38. The zero-order chi connectivity index (χ0) is 43.4. The van der Waals surface area contributed by atoms with E-state index in [9.17, 15) is 19.4 Å². The average Bonchev–Trinajstić information content (AvgIpc) is 3.19. The van der Waals surface area contributed by atoms with Crippen molar-refractivity contribution < 1.29 is 37.6 Å². The van der Waals surface area contributed by atoms with E-state index in [0.29, 0.717) is 17.4 Å². The first-order valence-corrected chi connectivity index (χ1v) is 26.2. The van der Waals surface area contributed by atoms with Gasteiger partial charge in [-0.1, -0.05) is 210 Å². The molecule has 0 rings (SSSR count). The molecule has 0 amide bonds. The van der Waals surface area contributed by atoms with E-state index in [-0.39, 0.29) is 19.2 Å². The highest BCUT2D eigenvalue weighted by Gasteiger charge is 2.17. The summed E-state index contributed by atoms with van der Waals surface area (Å²) in [6, 6.07) is 0. The summed E-state index contributed by atoms with van der Waals surface area (Å²) in [4.78, 5) is 23.7. The molecule has 8 nitrogen and oxygen atoms in total. The van der Waals surface area contributed by atoms with Crippen LogP contribution >= 0.6 is 7.82 Å². The number of unbranched alkanes of at least 4 members (excludes halogenated alkanes) is 29. The van der Waals surface area contributed by atoms with Crippen LogP contribution in [0.15, 0.2) is 36.5 Å². The van der Waals surface area contributed by atoms with Gasteiger partial charge in [-0.3, -0.25) is 9.36 Å². The quantitative estimate of drug-likeness (QED) is 0.0214. The number of rotatable bonds is 46. The van der Waals surface area contributed by atoms with Crippen molar-refractivity contribution in [1.82, 2.24) is 0 Å². The third kappa shape index (κ3) is 49.3. The number of hydrogen-bond donors (Lipinski definition) is 1. The third-order valence-electron chi connectivity index (χ3n) is 10.9. The molecule has 0 saturated carbocycles. The molecular formula is C50H96NO7P. The van der Waals surface area contributed by atoms with Crippen molar-refractivity contribution >= 4 is 13.8 Å². The van der Waals surface area contributed by atoms with E-state index in [0.717, 1.165) is 32.1 Å². The van der Waals surface area contributed by atoms with Crippen LogP contribution in [0.1, 0.15) is 225 Å². The number of ether oxygens (including phenoxy) is 1. The van der Waals surface area contributed by atoms with Crippen molar-refractivity contribution in [3.05, 3.63) is 36.5 Å². The van der Waals surface area contributed by atoms with Crippen LogP contribution in [0.2, 0.25) is 0 Å². The summed E-state index contributed by atoms with van der Waals surface area (Å²) in [5.41, 5.74) is 0. The SMILES string of the molecule is CCCCCCC/C=C\C/C=C\C/C=C\CCCCCCCCCCCCCCCCCCCCCCCCCCC(=O)OCC(O)COP(=O)([O-])OCC[N+](C)(C)C. The van der Waals surface area contributed by atoms with Crippen molar-refractivity contribution in [2.45, 2.75) is 231 Å². The van der Waals surface area contributed by atoms with Gasteiger partial charge in [0.25, 0.3) is 7.82 Å². The topological polar surface area (TPSA) is 105 Å². The fraction of sp³-hybridized carbons (Fsp3) is 0.860. The second-order valence-electron chi connectivity index (χ2n) is 18.0. The van der Waals surface area contributed by atoms with Gasteiger partial charge in [-0.05, 0) is 44.9 Å². The minimum Gasteiger partial charge on any atom is -0.756 e. The second-order valence-corrected chi connectivity index (χ2v) is 19.5. The maximum absolute atomic E-state index is 12.0. The lowest BCUT2D eigenvalue weighted by molar-refractivity contribution is -0.870. The van der Waals surface area contributed by atoms with Crippen LogP contribution in [0, 0.1) is 0 Å². The van der Waals surface area contributed by atoms with E-state index < -0.39 is 20.5 Å². The van der Waals surface area contributed by atoms with Crippen LogP contribution in [-0.4, -0.2) is 69.2 Å². The standard InChI is InChI=1S/C50H96NO7P/c1-5-6-7-8-9-10-11-12-13-14-15-16-17-18-19-20-21-22-23-24-25-26-27-28-29-30-31-32-33-34-35-36-37-38-39-40-41-42-43-44-50(53)56-47-49(52)48-58-59(54,55)57-46-45-51(2,3)4/h11-12,14-15,17-18,49,52H,5-10,13,16,19-48H2,1-4H3/b12-11-,15-14-,18-17-. The Balaban J connectivity index is 3.32. The molecule has 0 saturated heterocycles. The van der Waals surface area contributed by atoms with Crippen LogP contribution in [0.3, 0.4) is 0 Å². The number of likely N-dealkylation sites (N-methyl/N-ethyl adjacent to an activating group) is 1. The molecule has 0 radical (unpaired) electrons. The summed E-state index contributed by atoms with van der Waals surface area (Å²) in [5.74, 6) is -0.383. The third-order valence-corrected chi connectivity index (χ3v) is 11.9. The number of carbonyl (C=O) groups is 1. The molecular weight excluding hydrogens is 758 g/mol. The van der Waals surface area contributed by atoms with Crippen molar-refractivity contribution in [3.63, 3.8) is 0 Å². The van der Waals surface area contributed by atoms with Gasteiger partial charge in [-0.2, -0.15) is 0 Å². The molecule has 0 aromatic heterocycles. The van der Waals surface area contributed by atoms with Crippen LogP contribution in [0.4, 0.5) is 0 Å². The lowest BCUT2D eigenvalue weighted by Crippen LogP contribution is -2.37. The lowest BCUT2D eigenvalue weighted by atomic mass is 10.0.